The Kier molecular flexibility index (Phi) is 2.09. The number of rotatable bonds is 0. The molecule has 4 nitrogen and oxygen atoms in total. The molecule has 0 N–H and O–H groups in total. The molecule has 1 unspecified atom stereocenters. The van der Waals surface area contributed by atoms with Crippen LogP contribution in [-0.4, -0.2) is 17.7 Å². The second kappa shape index (κ2) is 3.51. The Hall–Kier alpha value is -1.55. The summed E-state index contributed by atoms with van der Waals surface area (Å²) in [5.41, 5.74) is 2.62. The van der Waals surface area contributed by atoms with Crippen LogP contribution < -0.4 is 0 Å². The molecule has 0 aromatic carbocycles. The van der Waals surface area contributed by atoms with E-state index < -0.39 is 5.60 Å². The van der Waals surface area contributed by atoms with Gasteiger partial charge in [0.25, 0.3) is 0 Å². The Labute approximate surface area is 111 Å². The zero-order valence-electron chi connectivity index (χ0n) is 11.1. The number of fused-ring (bicyclic) bond motifs is 2. The fraction of sp³-hybridized carbons (Fsp3) is 0.533. The number of epoxide rings is 1. The van der Waals surface area contributed by atoms with Crippen molar-refractivity contribution < 1.29 is 18.7 Å². The van der Waals surface area contributed by atoms with Crippen molar-refractivity contribution >= 4 is 5.97 Å². The summed E-state index contributed by atoms with van der Waals surface area (Å²) in [5, 5.41) is 0. The second-order valence-electron chi connectivity index (χ2n) is 5.78. The molecule has 0 radical (unpaired) electrons. The molecule has 0 saturated carbocycles. The van der Waals surface area contributed by atoms with Crippen LogP contribution in [0.4, 0.5) is 0 Å². The lowest BCUT2D eigenvalue weighted by Gasteiger charge is -2.13. The second-order valence-corrected chi connectivity index (χ2v) is 5.78. The van der Waals surface area contributed by atoms with Crippen LogP contribution in [-0.2, 0) is 20.7 Å². The first-order valence-corrected chi connectivity index (χ1v) is 6.73. The maximum Gasteiger partial charge on any atom is 0.342 e. The van der Waals surface area contributed by atoms with Crippen molar-refractivity contribution in [1.82, 2.24) is 0 Å². The highest BCUT2D eigenvalue weighted by atomic mass is 16.7. The van der Waals surface area contributed by atoms with Gasteiger partial charge in [0.05, 0.1) is 6.26 Å². The summed E-state index contributed by atoms with van der Waals surface area (Å²) in [4.78, 5) is 12.1. The molecule has 0 spiro atoms. The predicted octanol–water partition coefficient (Wildman–Crippen LogP) is 2.61. The molecule has 2 bridgehead atoms. The van der Waals surface area contributed by atoms with E-state index in [4.69, 9.17) is 13.9 Å². The summed E-state index contributed by atoms with van der Waals surface area (Å²) >= 11 is 0. The minimum Gasteiger partial charge on any atom is -0.468 e. The number of carbonyl (C=O) groups excluding carboxylic acids is 1. The van der Waals surface area contributed by atoms with Crippen molar-refractivity contribution in [1.29, 1.82) is 0 Å². The van der Waals surface area contributed by atoms with Gasteiger partial charge in [0, 0.05) is 12.0 Å². The van der Waals surface area contributed by atoms with Gasteiger partial charge in [-0.25, -0.2) is 4.79 Å². The van der Waals surface area contributed by atoms with E-state index in [2.05, 4.69) is 13.0 Å². The van der Waals surface area contributed by atoms with Gasteiger partial charge in [0.2, 0.25) is 0 Å². The highest BCUT2D eigenvalue weighted by Crippen LogP contribution is 2.57. The van der Waals surface area contributed by atoms with Gasteiger partial charge in [0.15, 0.2) is 11.7 Å². The lowest BCUT2D eigenvalue weighted by molar-refractivity contribution is -0.154. The Bertz CT molecular complexity index is 597. The van der Waals surface area contributed by atoms with Crippen LogP contribution in [0.15, 0.2) is 22.3 Å². The molecule has 19 heavy (non-hydrogen) atoms. The Balaban J connectivity index is 1.85. The number of furan rings is 1. The molecule has 100 valence electrons. The van der Waals surface area contributed by atoms with Crippen LogP contribution >= 0.6 is 0 Å². The first-order valence-electron chi connectivity index (χ1n) is 6.73. The van der Waals surface area contributed by atoms with E-state index in [0.29, 0.717) is 0 Å². The highest BCUT2D eigenvalue weighted by Gasteiger charge is 2.73. The van der Waals surface area contributed by atoms with E-state index in [-0.39, 0.29) is 18.2 Å². The van der Waals surface area contributed by atoms with Gasteiger partial charge in [0.1, 0.15) is 11.9 Å². The molecular weight excluding hydrogens is 244 g/mol. The average molecular weight is 260 g/mol. The smallest absolute Gasteiger partial charge is 0.342 e. The SMILES string of the molecule is C/C1=C\CCC23O[C@H]2[C@@H](OC3=O)c2c(C)coc2C1. The zero-order chi connectivity index (χ0) is 13.2. The van der Waals surface area contributed by atoms with Crippen LogP contribution in [0.1, 0.15) is 42.8 Å². The van der Waals surface area contributed by atoms with Crippen molar-refractivity contribution in [3.63, 3.8) is 0 Å². The van der Waals surface area contributed by atoms with E-state index in [9.17, 15) is 4.79 Å². The molecule has 4 rings (SSSR count). The molecule has 4 heteroatoms. The fourth-order valence-electron chi connectivity index (χ4n) is 3.34. The first kappa shape index (κ1) is 11.3. The van der Waals surface area contributed by atoms with Gasteiger partial charge >= 0.3 is 5.97 Å². The van der Waals surface area contributed by atoms with Gasteiger partial charge in [-0.1, -0.05) is 11.6 Å². The maximum absolute atomic E-state index is 12.1. The quantitative estimate of drug-likeness (QED) is 0.409. The van der Waals surface area contributed by atoms with Crippen LogP contribution in [0.25, 0.3) is 0 Å². The van der Waals surface area contributed by atoms with Crippen LogP contribution in [0.5, 0.6) is 0 Å². The van der Waals surface area contributed by atoms with Crippen molar-refractivity contribution in [3.8, 4) is 0 Å². The van der Waals surface area contributed by atoms with Crippen molar-refractivity contribution in [2.24, 2.45) is 0 Å². The summed E-state index contributed by atoms with van der Waals surface area (Å²) in [6.45, 7) is 4.08. The largest absolute Gasteiger partial charge is 0.468 e. The third kappa shape index (κ3) is 1.40. The number of hydrogen-bond donors (Lipinski definition) is 0. The summed E-state index contributed by atoms with van der Waals surface area (Å²) in [6.07, 6.45) is 5.84. The molecule has 3 aliphatic rings. The molecular formula is C15H16O4. The third-order valence-electron chi connectivity index (χ3n) is 4.43. The number of esters is 1. The maximum atomic E-state index is 12.1. The van der Waals surface area contributed by atoms with E-state index in [1.165, 1.54) is 5.57 Å². The number of carbonyl (C=O) groups is 1. The van der Waals surface area contributed by atoms with Gasteiger partial charge in [-0.2, -0.15) is 0 Å². The number of aryl methyl sites for hydroxylation is 1. The average Bonchev–Trinajstić information content (AvgIpc) is 2.91. The minimum atomic E-state index is -0.681. The summed E-state index contributed by atoms with van der Waals surface area (Å²) in [6, 6.07) is 0. The number of ether oxygens (including phenoxy) is 2. The summed E-state index contributed by atoms with van der Waals surface area (Å²) in [7, 11) is 0. The molecule has 0 amide bonds. The Morgan fingerprint density at radius 1 is 1.37 bits per heavy atom. The van der Waals surface area contributed by atoms with Crippen molar-refractivity contribution in [3.05, 3.63) is 34.8 Å². The molecule has 3 atom stereocenters. The molecule has 1 aromatic rings. The van der Waals surface area contributed by atoms with Gasteiger partial charge < -0.3 is 13.9 Å². The Morgan fingerprint density at radius 2 is 2.21 bits per heavy atom. The van der Waals surface area contributed by atoms with E-state index in [1.54, 1.807) is 6.26 Å². The fourth-order valence-corrected chi connectivity index (χ4v) is 3.34. The standard InChI is InChI=1S/C15H16O4/c1-8-4-3-5-15-13(19-15)12(18-14(15)16)11-9(2)7-17-10(11)6-8/h4,7,12-13H,3,5-6H2,1-2H3/b8-4+/t12-,13-,15?/m0/s1. The third-order valence-corrected chi connectivity index (χ3v) is 4.43. The summed E-state index contributed by atoms with van der Waals surface area (Å²) in [5.74, 6) is 0.694. The lowest BCUT2D eigenvalue weighted by Crippen LogP contribution is -2.22. The molecule has 2 saturated heterocycles. The van der Waals surface area contributed by atoms with Crippen LogP contribution in [0.2, 0.25) is 0 Å². The minimum absolute atomic E-state index is 0.123. The normalized spacial score (nSPS) is 38.8. The monoisotopic (exact) mass is 260 g/mol. The molecule has 1 aromatic heterocycles. The van der Waals surface area contributed by atoms with E-state index >= 15 is 0 Å². The Morgan fingerprint density at radius 3 is 3.00 bits per heavy atom. The number of hydrogen-bond acceptors (Lipinski definition) is 4. The topological polar surface area (TPSA) is 52.0 Å². The molecule has 2 fully saturated rings. The van der Waals surface area contributed by atoms with Gasteiger partial charge in [-0.3, -0.25) is 0 Å². The predicted molar refractivity (Wildman–Crippen MR) is 66.6 cm³/mol. The van der Waals surface area contributed by atoms with Gasteiger partial charge in [-0.05, 0) is 32.3 Å². The van der Waals surface area contributed by atoms with Crippen molar-refractivity contribution in [2.45, 2.75) is 50.9 Å². The summed E-state index contributed by atoms with van der Waals surface area (Å²) < 4.78 is 16.9. The molecule has 1 aliphatic carbocycles. The van der Waals surface area contributed by atoms with Crippen molar-refractivity contribution in [2.75, 3.05) is 0 Å². The molecule has 3 heterocycles. The molecule has 2 aliphatic heterocycles. The van der Waals surface area contributed by atoms with Crippen LogP contribution in [0.3, 0.4) is 0 Å². The van der Waals surface area contributed by atoms with E-state index in [0.717, 1.165) is 36.1 Å². The number of allylic oxidation sites excluding steroid dienone is 2. The highest BCUT2D eigenvalue weighted by molar-refractivity contribution is 5.87. The first-order chi connectivity index (χ1) is 9.12. The zero-order valence-corrected chi connectivity index (χ0v) is 11.1. The van der Waals surface area contributed by atoms with Gasteiger partial charge in [-0.15, -0.1) is 0 Å². The lowest BCUT2D eigenvalue weighted by atomic mass is 9.91. The van der Waals surface area contributed by atoms with Crippen LogP contribution in [0, 0.1) is 6.92 Å². The van der Waals surface area contributed by atoms with E-state index in [1.807, 2.05) is 6.92 Å².